The van der Waals surface area contributed by atoms with E-state index in [1.807, 2.05) is 25.1 Å². The molecule has 3 nitrogen and oxygen atoms in total. The second-order valence-electron chi connectivity index (χ2n) is 4.06. The summed E-state index contributed by atoms with van der Waals surface area (Å²) < 4.78 is 7.25. The van der Waals surface area contributed by atoms with Gasteiger partial charge in [-0.3, -0.25) is 0 Å². The van der Waals surface area contributed by atoms with Crippen molar-refractivity contribution in [2.45, 2.75) is 20.3 Å². The molecule has 0 N–H and O–H groups in total. The van der Waals surface area contributed by atoms with Crippen LogP contribution in [0.2, 0.25) is 0 Å². The standard InChI is InChI=1S/C14H18NO2.HI/c1-3-15-10-9-11-7-5-6-8-12(11)13(15)14(16)17-4-2;/h5-8H,3-4,9-10H2,1-2H3;1H/q+1;/p-1. The van der Waals surface area contributed by atoms with Gasteiger partial charge in [0, 0.05) is 6.42 Å². The first-order chi connectivity index (χ1) is 8.27. The molecular weight excluding hydrogens is 341 g/mol. The third kappa shape index (κ3) is 2.91. The lowest BCUT2D eigenvalue weighted by Gasteiger charge is -2.16. The van der Waals surface area contributed by atoms with E-state index in [-0.39, 0.29) is 29.9 Å². The normalized spacial score (nSPS) is 13.7. The molecule has 0 radical (unpaired) electrons. The molecule has 0 aromatic heterocycles. The van der Waals surface area contributed by atoms with E-state index in [0.717, 1.165) is 30.8 Å². The van der Waals surface area contributed by atoms with E-state index in [1.54, 1.807) is 0 Å². The molecule has 1 aliphatic heterocycles. The van der Waals surface area contributed by atoms with Crippen molar-refractivity contribution in [1.82, 2.24) is 0 Å². The number of carbonyl (C=O) groups excluding carboxylic acids is 1. The summed E-state index contributed by atoms with van der Waals surface area (Å²) in [6.07, 6.45) is 0.993. The molecule has 0 bridgehead atoms. The molecule has 0 unspecified atom stereocenters. The van der Waals surface area contributed by atoms with Crippen molar-refractivity contribution in [3.63, 3.8) is 0 Å². The highest BCUT2D eigenvalue weighted by atomic mass is 127. The summed E-state index contributed by atoms with van der Waals surface area (Å²) in [4.78, 5) is 12.0. The van der Waals surface area contributed by atoms with Crippen molar-refractivity contribution in [3.05, 3.63) is 35.4 Å². The Morgan fingerprint density at radius 1 is 1.33 bits per heavy atom. The number of carbonyl (C=O) groups is 1. The lowest BCUT2D eigenvalue weighted by Crippen LogP contribution is -3.00. The molecule has 1 aromatic rings. The highest BCUT2D eigenvalue weighted by Gasteiger charge is 2.31. The monoisotopic (exact) mass is 359 g/mol. The Kier molecular flexibility index (Phi) is 5.78. The van der Waals surface area contributed by atoms with Crippen molar-refractivity contribution in [3.8, 4) is 0 Å². The summed E-state index contributed by atoms with van der Waals surface area (Å²) in [6.45, 7) is 6.04. The number of esters is 1. The Morgan fingerprint density at radius 3 is 2.72 bits per heavy atom. The zero-order chi connectivity index (χ0) is 12.3. The lowest BCUT2D eigenvalue weighted by atomic mass is 9.97. The van der Waals surface area contributed by atoms with Gasteiger partial charge in [0.25, 0.3) is 5.71 Å². The minimum atomic E-state index is -0.207. The molecule has 0 aliphatic carbocycles. The predicted molar refractivity (Wildman–Crippen MR) is 66.6 cm³/mol. The summed E-state index contributed by atoms with van der Waals surface area (Å²) in [7, 11) is 0. The van der Waals surface area contributed by atoms with E-state index >= 15 is 0 Å². The Bertz CT molecular complexity index is 469. The van der Waals surface area contributed by atoms with E-state index in [4.69, 9.17) is 4.74 Å². The molecule has 0 saturated carbocycles. The van der Waals surface area contributed by atoms with Crippen molar-refractivity contribution in [1.29, 1.82) is 0 Å². The van der Waals surface area contributed by atoms with Gasteiger partial charge in [0.1, 0.15) is 13.1 Å². The number of benzene rings is 1. The van der Waals surface area contributed by atoms with Crippen molar-refractivity contribution >= 4 is 11.7 Å². The van der Waals surface area contributed by atoms with E-state index in [1.165, 1.54) is 5.56 Å². The van der Waals surface area contributed by atoms with E-state index in [0.29, 0.717) is 6.61 Å². The molecule has 98 valence electrons. The summed E-state index contributed by atoms with van der Waals surface area (Å²) in [5.74, 6) is -0.207. The van der Waals surface area contributed by atoms with Gasteiger partial charge in [-0.2, -0.15) is 0 Å². The Labute approximate surface area is 125 Å². The summed E-state index contributed by atoms with van der Waals surface area (Å²) in [5.41, 5.74) is 2.98. The average Bonchev–Trinajstić information content (AvgIpc) is 2.37. The van der Waals surface area contributed by atoms with Crippen LogP contribution in [0.1, 0.15) is 25.0 Å². The van der Waals surface area contributed by atoms with Gasteiger partial charge in [0.2, 0.25) is 0 Å². The molecule has 2 rings (SSSR count). The van der Waals surface area contributed by atoms with Gasteiger partial charge in [-0.25, -0.2) is 9.37 Å². The first kappa shape index (κ1) is 15.1. The Hall–Kier alpha value is -0.910. The summed E-state index contributed by atoms with van der Waals surface area (Å²) >= 11 is 0. The molecule has 0 saturated heterocycles. The largest absolute Gasteiger partial charge is 1.00 e. The second-order valence-corrected chi connectivity index (χ2v) is 4.06. The van der Waals surface area contributed by atoms with Crippen LogP contribution in [0, 0.1) is 0 Å². The predicted octanol–water partition coefficient (Wildman–Crippen LogP) is -1.37. The number of ether oxygens (including phenoxy) is 1. The van der Waals surface area contributed by atoms with Crippen LogP contribution in [-0.2, 0) is 16.0 Å². The third-order valence-corrected chi connectivity index (χ3v) is 3.09. The van der Waals surface area contributed by atoms with Gasteiger partial charge in [-0.1, -0.05) is 18.2 Å². The highest BCUT2D eigenvalue weighted by Crippen LogP contribution is 2.16. The molecular formula is C14H18INO2. The minimum Gasteiger partial charge on any atom is -1.00 e. The van der Waals surface area contributed by atoms with Gasteiger partial charge < -0.3 is 28.7 Å². The van der Waals surface area contributed by atoms with Crippen LogP contribution in [0.3, 0.4) is 0 Å². The molecule has 0 spiro atoms. The van der Waals surface area contributed by atoms with Gasteiger partial charge in [0.05, 0.1) is 12.2 Å². The SMILES string of the molecule is CCOC(=O)C1=[N+](CC)CCc2ccccc21.[I-]. The smallest absolute Gasteiger partial charge is 0.403 e. The van der Waals surface area contributed by atoms with E-state index in [2.05, 4.69) is 17.6 Å². The molecule has 1 aliphatic rings. The zero-order valence-corrected chi connectivity index (χ0v) is 12.9. The lowest BCUT2D eigenvalue weighted by molar-refractivity contribution is -0.524. The Balaban J connectivity index is 0.00000162. The van der Waals surface area contributed by atoms with Gasteiger partial charge in [-0.15, -0.1) is 0 Å². The molecule has 0 amide bonds. The number of hydrogen-bond acceptors (Lipinski definition) is 2. The van der Waals surface area contributed by atoms with E-state index in [9.17, 15) is 4.79 Å². The van der Waals surface area contributed by atoms with Crippen LogP contribution in [0.5, 0.6) is 0 Å². The fraction of sp³-hybridized carbons (Fsp3) is 0.429. The number of hydrogen-bond donors (Lipinski definition) is 0. The van der Waals surface area contributed by atoms with E-state index < -0.39 is 0 Å². The van der Waals surface area contributed by atoms with Gasteiger partial charge in [-0.05, 0) is 25.5 Å². The van der Waals surface area contributed by atoms with Crippen molar-refractivity contribution < 1.29 is 38.1 Å². The molecule has 0 fully saturated rings. The number of rotatable bonds is 3. The van der Waals surface area contributed by atoms with Gasteiger partial charge in [0.15, 0.2) is 0 Å². The summed E-state index contributed by atoms with van der Waals surface area (Å²) in [5, 5.41) is 0. The Morgan fingerprint density at radius 2 is 2.06 bits per heavy atom. The second kappa shape index (κ2) is 6.87. The molecule has 1 heterocycles. The average molecular weight is 359 g/mol. The first-order valence-corrected chi connectivity index (χ1v) is 6.15. The number of likely N-dealkylation sites (N-methyl/N-ethyl adjacent to an activating group) is 1. The fourth-order valence-electron chi connectivity index (χ4n) is 2.26. The third-order valence-electron chi connectivity index (χ3n) is 3.09. The summed E-state index contributed by atoms with van der Waals surface area (Å²) in [6, 6.07) is 8.07. The quantitative estimate of drug-likeness (QED) is 0.379. The zero-order valence-electron chi connectivity index (χ0n) is 10.8. The maximum atomic E-state index is 12.0. The minimum absolute atomic E-state index is 0. The molecule has 18 heavy (non-hydrogen) atoms. The number of fused-ring (bicyclic) bond motifs is 1. The topological polar surface area (TPSA) is 29.3 Å². The van der Waals surface area contributed by atoms with Crippen LogP contribution in [0.4, 0.5) is 0 Å². The van der Waals surface area contributed by atoms with Crippen molar-refractivity contribution in [2.75, 3.05) is 19.7 Å². The van der Waals surface area contributed by atoms with Crippen LogP contribution in [0.25, 0.3) is 0 Å². The highest BCUT2D eigenvalue weighted by molar-refractivity contribution is 6.41. The van der Waals surface area contributed by atoms with Crippen LogP contribution in [-0.4, -0.2) is 36.0 Å². The van der Waals surface area contributed by atoms with Gasteiger partial charge >= 0.3 is 5.97 Å². The van der Waals surface area contributed by atoms with Crippen molar-refractivity contribution in [2.24, 2.45) is 0 Å². The molecule has 1 aromatic carbocycles. The maximum absolute atomic E-state index is 12.0. The van der Waals surface area contributed by atoms with Crippen LogP contribution in [0.15, 0.2) is 24.3 Å². The first-order valence-electron chi connectivity index (χ1n) is 6.15. The fourth-order valence-corrected chi connectivity index (χ4v) is 2.26. The number of halogens is 1. The van der Waals surface area contributed by atoms with Crippen LogP contribution >= 0.6 is 0 Å². The maximum Gasteiger partial charge on any atom is 0.403 e. The van der Waals surface area contributed by atoms with Crippen LogP contribution < -0.4 is 24.0 Å². The molecule has 4 heteroatoms. The molecule has 0 atom stereocenters. The number of nitrogens with zero attached hydrogens (tertiary/aromatic N) is 1.